The number of carbonyl (C=O) groups excluding carboxylic acids is 1. The molecule has 0 aliphatic heterocycles. The summed E-state index contributed by atoms with van der Waals surface area (Å²) in [7, 11) is 1.58. The third kappa shape index (κ3) is 5.46. The Morgan fingerprint density at radius 3 is 2.69 bits per heavy atom. The van der Waals surface area contributed by atoms with E-state index in [2.05, 4.69) is 11.9 Å². The van der Waals surface area contributed by atoms with E-state index in [-0.39, 0.29) is 11.9 Å². The maximum Gasteiger partial charge on any atom is 0.254 e. The number of ether oxygens (including phenoxy) is 2. The van der Waals surface area contributed by atoms with Gasteiger partial charge in [-0.15, -0.1) is 11.3 Å². The lowest BCUT2D eigenvalue weighted by Crippen LogP contribution is -2.37. The molecule has 0 N–H and O–H groups in total. The third-order valence-corrected chi connectivity index (χ3v) is 4.79. The topological polar surface area (TPSA) is 51.7 Å². The van der Waals surface area contributed by atoms with E-state index in [4.69, 9.17) is 9.47 Å². The van der Waals surface area contributed by atoms with Crippen molar-refractivity contribution in [2.24, 2.45) is 0 Å². The van der Waals surface area contributed by atoms with E-state index in [1.807, 2.05) is 24.1 Å². The van der Waals surface area contributed by atoms with E-state index >= 15 is 0 Å². The quantitative estimate of drug-likeness (QED) is 0.560. The number of carbonyl (C=O) groups is 1. The summed E-state index contributed by atoms with van der Waals surface area (Å²) in [5, 5.41) is 1.95. The molecule has 0 saturated carbocycles. The van der Waals surface area contributed by atoms with Gasteiger partial charge in [-0.05, 0) is 38.5 Å². The Morgan fingerprint density at radius 2 is 2.08 bits per heavy atom. The predicted octanol–water partition coefficient (Wildman–Crippen LogP) is 4.77. The van der Waals surface area contributed by atoms with Crippen LogP contribution in [-0.4, -0.2) is 35.5 Å². The molecule has 0 aliphatic rings. The second kappa shape index (κ2) is 10.2. The second-order valence-electron chi connectivity index (χ2n) is 6.43. The molecule has 1 aromatic carbocycles. The number of amides is 1. The minimum Gasteiger partial charge on any atom is -0.493 e. The van der Waals surface area contributed by atoms with Crippen molar-refractivity contribution in [3.63, 3.8) is 0 Å². The Morgan fingerprint density at radius 1 is 1.27 bits per heavy atom. The third-order valence-electron chi connectivity index (χ3n) is 4.16. The van der Waals surface area contributed by atoms with Crippen molar-refractivity contribution >= 4 is 17.2 Å². The van der Waals surface area contributed by atoms with E-state index in [9.17, 15) is 4.79 Å². The minimum atomic E-state index is 0.0282. The van der Waals surface area contributed by atoms with Crippen molar-refractivity contribution in [1.29, 1.82) is 0 Å². The standard InChI is InChI=1S/C20H28N2O3S/c1-5-6-7-10-22(15(2)3)20(23)16-8-9-18(19(11-16)24-4)25-12-17-13-26-14-21-17/h8-9,11,13-15H,5-7,10,12H2,1-4H3. The van der Waals surface area contributed by atoms with Crippen LogP contribution in [0.3, 0.4) is 0 Å². The van der Waals surface area contributed by atoms with E-state index < -0.39 is 0 Å². The molecule has 0 aliphatic carbocycles. The largest absolute Gasteiger partial charge is 0.493 e. The number of methoxy groups -OCH3 is 1. The molecule has 6 heteroatoms. The summed E-state index contributed by atoms with van der Waals surface area (Å²) >= 11 is 1.53. The van der Waals surface area contributed by atoms with Gasteiger partial charge in [-0.3, -0.25) is 4.79 Å². The molecule has 0 radical (unpaired) electrons. The number of aromatic nitrogens is 1. The first-order chi connectivity index (χ1) is 12.6. The fourth-order valence-corrected chi connectivity index (χ4v) is 3.22. The first kappa shape index (κ1) is 20.2. The number of rotatable bonds is 10. The van der Waals surface area contributed by atoms with Gasteiger partial charge in [-0.2, -0.15) is 0 Å². The summed E-state index contributed by atoms with van der Waals surface area (Å²) < 4.78 is 11.2. The predicted molar refractivity (Wildman–Crippen MR) is 105 cm³/mol. The molecule has 1 aromatic heterocycles. The van der Waals surface area contributed by atoms with Crippen molar-refractivity contribution in [2.45, 2.75) is 52.7 Å². The molecule has 0 unspecified atom stereocenters. The van der Waals surface area contributed by atoms with E-state index in [1.165, 1.54) is 11.3 Å². The molecular weight excluding hydrogens is 348 g/mol. The highest BCUT2D eigenvalue weighted by Crippen LogP contribution is 2.29. The van der Waals surface area contributed by atoms with Crippen LogP contribution in [0.1, 0.15) is 56.1 Å². The Kier molecular flexibility index (Phi) is 7.91. The van der Waals surface area contributed by atoms with Crippen molar-refractivity contribution in [2.75, 3.05) is 13.7 Å². The molecule has 2 rings (SSSR count). The molecule has 1 heterocycles. The number of benzene rings is 1. The molecule has 0 saturated heterocycles. The molecule has 5 nitrogen and oxygen atoms in total. The highest BCUT2D eigenvalue weighted by molar-refractivity contribution is 7.07. The summed E-state index contributed by atoms with van der Waals surface area (Å²) in [5.74, 6) is 1.20. The van der Waals surface area contributed by atoms with Gasteiger partial charge >= 0.3 is 0 Å². The first-order valence-electron chi connectivity index (χ1n) is 9.05. The van der Waals surface area contributed by atoms with Crippen molar-refractivity contribution in [3.05, 3.63) is 40.3 Å². The zero-order chi connectivity index (χ0) is 18.9. The van der Waals surface area contributed by atoms with Crippen LogP contribution in [0.4, 0.5) is 0 Å². The summed E-state index contributed by atoms with van der Waals surface area (Å²) in [6, 6.07) is 5.51. The molecule has 142 valence electrons. The van der Waals surface area contributed by atoms with Crippen LogP contribution in [-0.2, 0) is 6.61 Å². The van der Waals surface area contributed by atoms with Crippen molar-refractivity contribution in [1.82, 2.24) is 9.88 Å². The summed E-state index contributed by atoms with van der Waals surface area (Å²) in [6.07, 6.45) is 3.29. The Labute approximate surface area is 160 Å². The van der Waals surface area contributed by atoms with Gasteiger partial charge in [0.2, 0.25) is 0 Å². The number of unbranched alkanes of at least 4 members (excludes halogenated alkanes) is 2. The fraction of sp³-hybridized carbons (Fsp3) is 0.500. The van der Waals surface area contributed by atoms with E-state index in [1.54, 1.807) is 30.8 Å². The lowest BCUT2D eigenvalue weighted by Gasteiger charge is -2.27. The summed E-state index contributed by atoms with van der Waals surface area (Å²) in [5.41, 5.74) is 3.27. The Balaban J connectivity index is 2.11. The van der Waals surface area contributed by atoms with Gasteiger partial charge in [-0.1, -0.05) is 19.8 Å². The number of hydrogen-bond donors (Lipinski definition) is 0. The van der Waals surface area contributed by atoms with E-state index in [0.717, 1.165) is 31.5 Å². The van der Waals surface area contributed by atoms with Gasteiger partial charge in [0.05, 0.1) is 18.3 Å². The number of thiazole rings is 1. The average molecular weight is 377 g/mol. The van der Waals surface area contributed by atoms with Gasteiger partial charge < -0.3 is 14.4 Å². The lowest BCUT2D eigenvalue weighted by atomic mass is 10.1. The Bertz CT molecular complexity index is 686. The van der Waals surface area contributed by atoms with Crippen LogP contribution in [0.15, 0.2) is 29.1 Å². The summed E-state index contributed by atoms with van der Waals surface area (Å²) in [6.45, 7) is 7.41. The van der Waals surface area contributed by atoms with Crippen LogP contribution in [0.2, 0.25) is 0 Å². The van der Waals surface area contributed by atoms with Gasteiger partial charge in [0, 0.05) is 23.5 Å². The molecule has 2 aromatic rings. The van der Waals surface area contributed by atoms with Gasteiger partial charge in [0.15, 0.2) is 11.5 Å². The fourth-order valence-electron chi connectivity index (χ4n) is 2.67. The normalized spacial score (nSPS) is 10.8. The molecular formula is C20H28N2O3S. The zero-order valence-corrected chi connectivity index (χ0v) is 16.8. The van der Waals surface area contributed by atoms with E-state index in [0.29, 0.717) is 23.7 Å². The number of nitrogens with zero attached hydrogens (tertiary/aromatic N) is 2. The molecule has 26 heavy (non-hydrogen) atoms. The van der Waals surface area contributed by atoms with Crippen molar-refractivity contribution < 1.29 is 14.3 Å². The average Bonchev–Trinajstić information content (AvgIpc) is 3.16. The molecule has 1 amide bonds. The van der Waals surface area contributed by atoms with Crippen LogP contribution >= 0.6 is 11.3 Å². The SMILES string of the molecule is CCCCCN(C(=O)c1ccc(OCc2cscn2)c(OC)c1)C(C)C. The second-order valence-corrected chi connectivity index (χ2v) is 7.15. The maximum absolute atomic E-state index is 12.9. The van der Waals surface area contributed by atoms with Gasteiger partial charge in [0.1, 0.15) is 6.61 Å². The smallest absolute Gasteiger partial charge is 0.254 e. The van der Waals surface area contributed by atoms with Crippen LogP contribution < -0.4 is 9.47 Å². The minimum absolute atomic E-state index is 0.0282. The zero-order valence-electron chi connectivity index (χ0n) is 16.0. The summed E-state index contributed by atoms with van der Waals surface area (Å²) in [4.78, 5) is 19.0. The van der Waals surface area contributed by atoms with Gasteiger partial charge in [0.25, 0.3) is 5.91 Å². The highest BCUT2D eigenvalue weighted by Gasteiger charge is 2.20. The number of hydrogen-bond acceptors (Lipinski definition) is 5. The van der Waals surface area contributed by atoms with Gasteiger partial charge in [-0.25, -0.2) is 4.98 Å². The Hall–Kier alpha value is -2.08. The molecule has 0 spiro atoms. The first-order valence-corrected chi connectivity index (χ1v) is 10.00. The lowest BCUT2D eigenvalue weighted by molar-refractivity contribution is 0.0702. The van der Waals surface area contributed by atoms with Crippen LogP contribution in [0.5, 0.6) is 11.5 Å². The van der Waals surface area contributed by atoms with Crippen LogP contribution in [0, 0.1) is 0 Å². The monoisotopic (exact) mass is 376 g/mol. The molecule has 0 bridgehead atoms. The maximum atomic E-state index is 12.9. The molecule has 0 fully saturated rings. The van der Waals surface area contributed by atoms with Crippen LogP contribution in [0.25, 0.3) is 0 Å². The molecule has 0 atom stereocenters. The highest BCUT2D eigenvalue weighted by atomic mass is 32.1. The van der Waals surface area contributed by atoms with Crippen molar-refractivity contribution in [3.8, 4) is 11.5 Å².